The Morgan fingerprint density at radius 3 is 2.50 bits per heavy atom. The van der Waals surface area contributed by atoms with Crippen LogP contribution in [0.15, 0.2) is 45.9 Å². The third-order valence-corrected chi connectivity index (χ3v) is 3.92. The number of nitrogens with zero attached hydrogens (tertiary/aromatic N) is 2. The molecule has 0 aliphatic heterocycles. The third kappa shape index (κ3) is 3.02. The van der Waals surface area contributed by atoms with E-state index in [9.17, 15) is 0 Å². The number of aromatic nitrogens is 2. The lowest BCUT2D eigenvalue weighted by molar-refractivity contribution is 1.10. The number of nitrogens with one attached hydrogen (secondary N) is 1. The van der Waals surface area contributed by atoms with Gasteiger partial charge in [0.25, 0.3) is 0 Å². The van der Waals surface area contributed by atoms with E-state index in [1.54, 1.807) is 12.4 Å². The van der Waals surface area contributed by atoms with Crippen LogP contribution in [0.5, 0.6) is 0 Å². The Hall–Kier alpha value is -0.940. The summed E-state index contributed by atoms with van der Waals surface area (Å²) in [5, 5.41) is 3.25. The number of benzene rings is 1. The lowest BCUT2D eigenvalue weighted by atomic mass is 10.2. The molecule has 0 bridgehead atoms. The second-order valence-electron chi connectivity index (χ2n) is 3.23. The van der Waals surface area contributed by atoms with Gasteiger partial charge in [-0.2, -0.15) is 0 Å². The number of hydrogen-bond donors (Lipinski definition) is 1. The summed E-state index contributed by atoms with van der Waals surface area (Å²) in [5.41, 5.74) is 2.11. The van der Waals surface area contributed by atoms with Gasteiger partial charge in [0.05, 0.1) is 18.1 Å². The van der Waals surface area contributed by atoms with Gasteiger partial charge < -0.3 is 5.32 Å². The minimum atomic E-state index is 0.749. The Labute approximate surface area is 111 Å². The Balaban J connectivity index is 2.03. The Kier molecular flexibility index (Phi) is 3.90. The fraction of sp³-hybridized carbons (Fsp3) is 0.0909. The molecule has 82 valence electrons. The van der Waals surface area contributed by atoms with E-state index in [-0.39, 0.29) is 0 Å². The molecule has 5 heteroatoms. The van der Waals surface area contributed by atoms with Crippen molar-refractivity contribution < 1.29 is 0 Å². The maximum atomic E-state index is 3.94. The van der Waals surface area contributed by atoms with Crippen molar-refractivity contribution in [2.75, 3.05) is 5.32 Å². The quantitative estimate of drug-likeness (QED) is 0.925. The molecule has 0 atom stereocenters. The van der Waals surface area contributed by atoms with Crippen molar-refractivity contribution >= 4 is 37.5 Å². The van der Waals surface area contributed by atoms with E-state index in [2.05, 4.69) is 59.3 Å². The highest BCUT2D eigenvalue weighted by Gasteiger charge is 1.99. The number of anilines is 1. The van der Waals surface area contributed by atoms with E-state index >= 15 is 0 Å². The number of hydrogen-bond acceptors (Lipinski definition) is 3. The van der Waals surface area contributed by atoms with Crippen LogP contribution in [0.4, 0.5) is 5.69 Å². The molecule has 16 heavy (non-hydrogen) atoms. The van der Waals surface area contributed by atoms with E-state index < -0.39 is 0 Å². The van der Waals surface area contributed by atoms with Crippen molar-refractivity contribution in [3.8, 4) is 0 Å². The van der Waals surface area contributed by atoms with Gasteiger partial charge in [-0.15, -0.1) is 0 Å². The molecule has 0 aliphatic rings. The fourth-order valence-corrected chi connectivity index (χ4v) is 1.92. The molecule has 0 spiro atoms. The molecule has 0 fully saturated rings. The summed E-state index contributed by atoms with van der Waals surface area (Å²) in [6.45, 7) is 0.749. The van der Waals surface area contributed by atoms with Crippen LogP contribution >= 0.6 is 31.9 Å². The summed E-state index contributed by atoms with van der Waals surface area (Å²) < 4.78 is 2.11. The van der Waals surface area contributed by atoms with Crippen LogP contribution in [0.3, 0.4) is 0 Å². The summed E-state index contributed by atoms with van der Waals surface area (Å²) in [7, 11) is 0. The van der Waals surface area contributed by atoms with E-state index in [0.717, 1.165) is 21.2 Å². The van der Waals surface area contributed by atoms with Crippen molar-refractivity contribution in [2.45, 2.75) is 6.54 Å². The predicted molar refractivity (Wildman–Crippen MR) is 71.2 cm³/mol. The highest BCUT2D eigenvalue weighted by Crippen LogP contribution is 2.24. The van der Waals surface area contributed by atoms with Crippen LogP contribution in [0, 0.1) is 0 Å². The largest absolute Gasteiger partial charge is 0.378 e. The maximum absolute atomic E-state index is 3.94. The topological polar surface area (TPSA) is 37.8 Å². The van der Waals surface area contributed by atoms with Gasteiger partial charge in [-0.25, -0.2) is 9.97 Å². The van der Waals surface area contributed by atoms with Crippen LogP contribution < -0.4 is 5.32 Å². The Morgan fingerprint density at radius 2 is 1.81 bits per heavy atom. The van der Waals surface area contributed by atoms with Crippen molar-refractivity contribution in [1.29, 1.82) is 0 Å². The highest BCUT2D eigenvalue weighted by molar-refractivity contribution is 9.13. The highest BCUT2D eigenvalue weighted by atomic mass is 79.9. The molecule has 1 aromatic carbocycles. The molecule has 0 radical (unpaired) electrons. The van der Waals surface area contributed by atoms with Crippen molar-refractivity contribution in [2.24, 2.45) is 0 Å². The molecule has 2 aromatic rings. The van der Waals surface area contributed by atoms with E-state index in [1.807, 2.05) is 6.07 Å². The van der Waals surface area contributed by atoms with Crippen molar-refractivity contribution in [3.05, 3.63) is 51.4 Å². The molecular weight excluding hydrogens is 334 g/mol. The summed E-state index contributed by atoms with van der Waals surface area (Å²) in [4.78, 5) is 7.88. The maximum Gasteiger partial charge on any atom is 0.115 e. The first-order chi connectivity index (χ1) is 7.75. The molecule has 0 unspecified atom stereocenters. The Morgan fingerprint density at radius 1 is 1.06 bits per heavy atom. The molecule has 1 N–H and O–H groups in total. The van der Waals surface area contributed by atoms with Crippen LogP contribution in [0.1, 0.15) is 5.56 Å². The predicted octanol–water partition coefficient (Wildman–Crippen LogP) is 3.61. The van der Waals surface area contributed by atoms with E-state index in [4.69, 9.17) is 0 Å². The Bertz CT molecular complexity index is 474. The first-order valence-corrected chi connectivity index (χ1v) is 6.27. The van der Waals surface area contributed by atoms with Gasteiger partial charge in [0.2, 0.25) is 0 Å². The lowest BCUT2D eigenvalue weighted by Gasteiger charge is -2.06. The lowest BCUT2D eigenvalue weighted by Crippen LogP contribution is -2.00. The molecular formula is C11H9Br2N3. The van der Waals surface area contributed by atoms with Crippen LogP contribution in [-0.4, -0.2) is 9.97 Å². The van der Waals surface area contributed by atoms with Crippen LogP contribution in [0.2, 0.25) is 0 Å². The zero-order valence-electron chi connectivity index (χ0n) is 8.32. The standard InChI is InChI=1S/C11H9Br2N3/c12-10-2-1-8(3-11(10)13)4-16-9-5-14-7-15-6-9/h1-3,5-7,16H,4H2. The summed E-state index contributed by atoms with van der Waals surface area (Å²) in [5.74, 6) is 0. The first kappa shape index (κ1) is 11.5. The number of halogens is 2. The minimum Gasteiger partial charge on any atom is -0.378 e. The zero-order chi connectivity index (χ0) is 11.4. The van der Waals surface area contributed by atoms with Gasteiger partial charge in [-0.3, -0.25) is 0 Å². The summed E-state index contributed by atoms with van der Waals surface area (Å²) in [6.07, 6.45) is 5.02. The monoisotopic (exact) mass is 341 g/mol. The van der Waals surface area contributed by atoms with Crippen LogP contribution in [0.25, 0.3) is 0 Å². The normalized spacial score (nSPS) is 10.1. The molecule has 0 saturated carbocycles. The van der Waals surface area contributed by atoms with Crippen molar-refractivity contribution in [1.82, 2.24) is 9.97 Å². The average Bonchev–Trinajstić information content (AvgIpc) is 2.32. The summed E-state index contributed by atoms with van der Waals surface area (Å²) in [6, 6.07) is 6.15. The minimum absolute atomic E-state index is 0.749. The smallest absolute Gasteiger partial charge is 0.115 e. The van der Waals surface area contributed by atoms with E-state index in [0.29, 0.717) is 0 Å². The van der Waals surface area contributed by atoms with Crippen molar-refractivity contribution in [3.63, 3.8) is 0 Å². The van der Waals surface area contributed by atoms with Gasteiger partial charge in [0.15, 0.2) is 0 Å². The zero-order valence-corrected chi connectivity index (χ0v) is 11.5. The first-order valence-electron chi connectivity index (χ1n) is 4.68. The SMILES string of the molecule is Brc1ccc(CNc2cncnc2)cc1Br. The van der Waals surface area contributed by atoms with Gasteiger partial charge >= 0.3 is 0 Å². The molecule has 1 aromatic heterocycles. The molecule has 1 heterocycles. The second-order valence-corrected chi connectivity index (χ2v) is 4.94. The molecule has 0 amide bonds. The van der Waals surface area contributed by atoms with Gasteiger partial charge in [-0.1, -0.05) is 6.07 Å². The molecule has 3 nitrogen and oxygen atoms in total. The van der Waals surface area contributed by atoms with Gasteiger partial charge in [0, 0.05) is 15.5 Å². The van der Waals surface area contributed by atoms with Crippen LogP contribution in [-0.2, 0) is 6.54 Å². The summed E-state index contributed by atoms with van der Waals surface area (Å²) >= 11 is 6.91. The third-order valence-electron chi connectivity index (χ3n) is 2.04. The molecule has 0 saturated heterocycles. The fourth-order valence-electron chi connectivity index (χ4n) is 1.24. The average molecular weight is 343 g/mol. The van der Waals surface area contributed by atoms with Gasteiger partial charge in [-0.05, 0) is 49.6 Å². The second kappa shape index (κ2) is 5.41. The molecule has 0 aliphatic carbocycles. The van der Waals surface area contributed by atoms with Gasteiger partial charge in [0.1, 0.15) is 6.33 Å². The number of rotatable bonds is 3. The molecule has 2 rings (SSSR count). The van der Waals surface area contributed by atoms with E-state index in [1.165, 1.54) is 11.9 Å².